The number of nitrogens with zero attached hydrogens (tertiary/aromatic N) is 2. The molecule has 0 aliphatic carbocycles. The maximum atomic E-state index is 12.2. The van der Waals surface area contributed by atoms with E-state index in [1.165, 1.54) is 5.69 Å². The molecule has 1 aromatic heterocycles. The number of nitrogens with one attached hydrogen (secondary N) is 2. The van der Waals surface area contributed by atoms with Crippen LogP contribution in [0.2, 0.25) is 0 Å². The fourth-order valence-electron chi connectivity index (χ4n) is 3.73. The van der Waals surface area contributed by atoms with Gasteiger partial charge in [0.1, 0.15) is 5.75 Å². The molecule has 3 aromatic rings. The molecule has 3 rings (SSSR count). The summed E-state index contributed by atoms with van der Waals surface area (Å²) in [6.45, 7) is 5.89. The van der Waals surface area contributed by atoms with Crippen molar-refractivity contribution in [1.82, 2.24) is 14.9 Å². The standard InChI is InChI=1S/C26H34N4O3/c1-3-5-15-27-26(32)29-25-21(18-31)13-9-14-23(25)33-17-10-16-30-19-28-24(22(30)4-2)20-11-7-6-8-12-20/h6-9,11-14,19,31H,3-5,10,15-18H2,1-2H3,(H2,27,29,32). The lowest BCUT2D eigenvalue weighted by Gasteiger charge is -2.16. The maximum Gasteiger partial charge on any atom is 0.319 e. The second-order valence-corrected chi connectivity index (χ2v) is 7.84. The van der Waals surface area contributed by atoms with Crippen molar-refractivity contribution in [2.75, 3.05) is 18.5 Å². The van der Waals surface area contributed by atoms with Gasteiger partial charge < -0.3 is 25.0 Å². The summed E-state index contributed by atoms with van der Waals surface area (Å²) in [6, 6.07) is 15.3. The SMILES string of the molecule is CCCCNC(=O)Nc1c(CO)cccc1OCCCn1cnc(-c2ccccc2)c1CC. The molecule has 2 aromatic carbocycles. The largest absolute Gasteiger partial charge is 0.491 e. The second kappa shape index (κ2) is 12.6. The quantitative estimate of drug-likeness (QED) is 0.339. The number of aliphatic hydroxyl groups excluding tert-OH is 1. The third-order valence-corrected chi connectivity index (χ3v) is 5.47. The number of urea groups is 1. The van der Waals surface area contributed by atoms with Gasteiger partial charge in [-0.05, 0) is 25.3 Å². The maximum absolute atomic E-state index is 12.2. The van der Waals surface area contributed by atoms with E-state index in [1.54, 1.807) is 6.07 Å². The van der Waals surface area contributed by atoms with Crippen LogP contribution < -0.4 is 15.4 Å². The zero-order chi connectivity index (χ0) is 23.5. The highest BCUT2D eigenvalue weighted by atomic mass is 16.5. The molecule has 0 saturated carbocycles. The molecule has 176 valence electrons. The van der Waals surface area contributed by atoms with Gasteiger partial charge in [-0.2, -0.15) is 0 Å². The van der Waals surface area contributed by atoms with Crippen LogP contribution in [0, 0.1) is 0 Å². The smallest absolute Gasteiger partial charge is 0.319 e. The van der Waals surface area contributed by atoms with E-state index in [1.807, 2.05) is 36.7 Å². The Hall–Kier alpha value is -3.32. The average Bonchev–Trinajstić information content (AvgIpc) is 3.26. The summed E-state index contributed by atoms with van der Waals surface area (Å²) in [5.74, 6) is 0.554. The molecule has 0 atom stereocenters. The Morgan fingerprint density at radius 3 is 2.64 bits per heavy atom. The van der Waals surface area contributed by atoms with Crippen molar-refractivity contribution >= 4 is 11.7 Å². The number of benzene rings is 2. The molecule has 2 amide bonds. The molecule has 0 saturated heterocycles. The number of carbonyl (C=O) groups is 1. The van der Waals surface area contributed by atoms with Gasteiger partial charge in [0.2, 0.25) is 0 Å². The van der Waals surface area contributed by atoms with Gasteiger partial charge in [0.05, 0.1) is 30.9 Å². The molecule has 0 aliphatic rings. The minimum atomic E-state index is -0.298. The molecule has 7 heteroatoms. The highest BCUT2D eigenvalue weighted by Crippen LogP contribution is 2.29. The Bertz CT molecular complexity index is 1020. The first-order chi connectivity index (χ1) is 16.2. The highest BCUT2D eigenvalue weighted by molar-refractivity contribution is 5.92. The summed E-state index contributed by atoms with van der Waals surface area (Å²) >= 11 is 0. The van der Waals surface area contributed by atoms with Crippen molar-refractivity contribution in [3.05, 3.63) is 66.1 Å². The summed E-state index contributed by atoms with van der Waals surface area (Å²) in [5.41, 5.74) is 4.48. The molecule has 3 N–H and O–H groups in total. The molecular formula is C26H34N4O3. The van der Waals surface area contributed by atoms with Gasteiger partial charge in [-0.1, -0.05) is 62.7 Å². The van der Waals surface area contributed by atoms with E-state index < -0.39 is 0 Å². The number of anilines is 1. The minimum absolute atomic E-state index is 0.182. The van der Waals surface area contributed by atoms with Crippen LogP contribution in [-0.4, -0.2) is 33.8 Å². The van der Waals surface area contributed by atoms with Crippen molar-refractivity contribution in [3.63, 3.8) is 0 Å². The predicted molar refractivity (Wildman–Crippen MR) is 131 cm³/mol. The highest BCUT2D eigenvalue weighted by Gasteiger charge is 2.13. The van der Waals surface area contributed by atoms with Gasteiger partial charge in [0, 0.05) is 29.9 Å². The van der Waals surface area contributed by atoms with Crippen molar-refractivity contribution in [3.8, 4) is 17.0 Å². The zero-order valence-corrected chi connectivity index (χ0v) is 19.5. The first-order valence-electron chi connectivity index (χ1n) is 11.7. The van der Waals surface area contributed by atoms with Crippen molar-refractivity contribution in [2.45, 2.75) is 52.7 Å². The molecule has 33 heavy (non-hydrogen) atoms. The lowest BCUT2D eigenvalue weighted by Crippen LogP contribution is -2.30. The number of ether oxygens (including phenoxy) is 1. The van der Waals surface area contributed by atoms with Crippen LogP contribution in [0.25, 0.3) is 11.3 Å². The van der Waals surface area contributed by atoms with Crippen LogP contribution in [0.4, 0.5) is 10.5 Å². The minimum Gasteiger partial charge on any atom is -0.491 e. The average molecular weight is 451 g/mol. The van der Waals surface area contributed by atoms with Crippen LogP contribution in [0.3, 0.4) is 0 Å². The number of aryl methyl sites for hydroxylation is 1. The molecule has 0 bridgehead atoms. The summed E-state index contributed by atoms with van der Waals surface area (Å²) < 4.78 is 8.18. The zero-order valence-electron chi connectivity index (χ0n) is 19.5. The molecule has 0 radical (unpaired) electrons. The van der Waals surface area contributed by atoms with Crippen LogP contribution in [0.15, 0.2) is 54.9 Å². The van der Waals surface area contributed by atoms with Gasteiger partial charge in [-0.25, -0.2) is 9.78 Å². The van der Waals surface area contributed by atoms with Gasteiger partial charge in [0.25, 0.3) is 0 Å². The number of unbranched alkanes of at least 4 members (excludes halogenated alkanes) is 1. The molecule has 0 aliphatic heterocycles. The summed E-state index contributed by atoms with van der Waals surface area (Å²) in [7, 11) is 0. The first-order valence-corrected chi connectivity index (χ1v) is 11.7. The number of para-hydroxylation sites is 1. The predicted octanol–water partition coefficient (Wildman–Crippen LogP) is 5.00. The van der Waals surface area contributed by atoms with Crippen LogP contribution in [0.5, 0.6) is 5.75 Å². The molecule has 1 heterocycles. The number of aromatic nitrogens is 2. The number of imidazole rings is 1. The van der Waals surface area contributed by atoms with E-state index in [0.717, 1.165) is 43.5 Å². The van der Waals surface area contributed by atoms with E-state index >= 15 is 0 Å². The third kappa shape index (κ3) is 6.58. The second-order valence-electron chi connectivity index (χ2n) is 7.84. The monoisotopic (exact) mass is 450 g/mol. The van der Waals surface area contributed by atoms with E-state index in [0.29, 0.717) is 30.2 Å². The van der Waals surface area contributed by atoms with E-state index in [2.05, 4.69) is 46.2 Å². The van der Waals surface area contributed by atoms with E-state index in [4.69, 9.17) is 4.74 Å². The van der Waals surface area contributed by atoms with E-state index in [9.17, 15) is 9.90 Å². The number of carbonyl (C=O) groups excluding carboxylic acids is 1. The van der Waals surface area contributed by atoms with Gasteiger partial charge in [-0.3, -0.25) is 0 Å². The van der Waals surface area contributed by atoms with Gasteiger partial charge >= 0.3 is 6.03 Å². The summed E-state index contributed by atoms with van der Waals surface area (Å²) in [5, 5.41) is 15.4. The molecule has 7 nitrogen and oxygen atoms in total. The Labute approximate surface area is 195 Å². The molecule has 0 spiro atoms. The third-order valence-electron chi connectivity index (χ3n) is 5.47. The van der Waals surface area contributed by atoms with Crippen LogP contribution in [-0.2, 0) is 19.6 Å². The Morgan fingerprint density at radius 2 is 1.91 bits per heavy atom. The van der Waals surface area contributed by atoms with Gasteiger partial charge in [0.15, 0.2) is 0 Å². The molecule has 0 fully saturated rings. The topological polar surface area (TPSA) is 88.4 Å². The summed E-state index contributed by atoms with van der Waals surface area (Å²) in [4.78, 5) is 16.9. The van der Waals surface area contributed by atoms with Crippen LogP contribution in [0.1, 0.15) is 44.4 Å². The lowest BCUT2D eigenvalue weighted by atomic mass is 10.1. The van der Waals surface area contributed by atoms with Gasteiger partial charge in [-0.15, -0.1) is 0 Å². The number of hydrogen-bond acceptors (Lipinski definition) is 4. The lowest BCUT2D eigenvalue weighted by molar-refractivity contribution is 0.251. The van der Waals surface area contributed by atoms with E-state index in [-0.39, 0.29) is 12.6 Å². The Balaban J connectivity index is 1.61. The van der Waals surface area contributed by atoms with Crippen molar-refractivity contribution < 1.29 is 14.6 Å². The normalized spacial score (nSPS) is 10.8. The van der Waals surface area contributed by atoms with Crippen molar-refractivity contribution in [2.24, 2.45) is 0 Å². The number of rotatable bonds is 12. The van der Waals surface area contributed by atoms with Crippen molar-refractivity contribution in [1.29, 1.82) is 0 Å². The number of hydrogen-bond donors (Lipinski definition) is 3. The van der Waals surface area contributed by atoms with Crippen LogP contribution >= 0.6 is 0 Å². The number of amides is 2. The summed E-state index contributed by atoms with van der Waals surface area (Å²) in [6.07, 6.45) is 5.48. The number of aliphatic hydroxyl groups is 1. The fourth-order valence-corrected chi connectivity index (χ4v) is 3.73. The Morgan fingerprint density at radius 1 is 1.09 bits per heavy atom. The fraction of sp³-hybridized carbons (Fsp3) is 0.385. The molecule has 0 unspecified atom stereocenters. The molecular weight excluding hydrogens is 416 g/mol. The Kier molecular flexibility index (Phi) is 9.32. The first kappa shape index (κ1) is 24.3.